The van der Waals surface area contributed by atoms with Crippen LogP contribution in [0.2, 0.25) is 5.02 Å². The SMILES string of the molecule is CN(Cc1cc(Cl)ccc1F)C(=O)C(C)(C)N. The Morgan fingerprint density at radius 1 is 1.53 bits per heavy atom. The van der Waals surface area contributed by atoms with Crippen molar-refractivity contribution in [2.45, 2.75) is 25.9 Å². The quantitative estimate of drug-likeness (QED) is 0.903. The number of carbonyl (C=O) groups is 1. The standard InChI is InChI=1S/C12H16ClFN2O/c1-12(2,15)11(17)16(3)7-8-6-9(13)4-5-10(8)14/h4-6H,7,15H2,1-3H3. The fourth-order valence-electron chi connectivity index (χ4n) is 1.48. The molecule has 0 aliphatic carbocycles. The van der Waals surface area contributed by atoms with Crippen molar-refractivity contribution in [1.29, 1.82) is 0 Å². The minimum atomic E-state index is -0.968. The summed E-state index contributed by atoms with van der Waals surface area (Å²) in [6.45, 7) is 3.37. The zero-order chi connectivity index (χ0) is 13.2. The van der Waals surface area contributed by atoms with E-state index in [1.165, 1.54) is 23.1 Å². The van der Waals surface area contributed by atoms with E-state index in [1.807, 2.05) is 0 Å². The van der Waals surface area contributed by atoms with Crippen molar-refractivity contribution >= 4 is 17.5 Å². The molecule has 0 atom stereocenters. The Morgan fingerprint density at radius 2 is 2.12 bits per heavy atom. The number of rotatable bonds is 3. The van der Waals surface area contributed by atoms with Gasteiger partial charge in [-0.1, -0.05) is 11.6 Å². The fourth-order valence-corrected chi connectivity index (χ4v) is 1.68. The van der Waals surface area contributed by atoms with E-state index < -0.39 is 5.54 Å². The van der Waals surface area contributed by atoms with Crippen molar-refractivity contribution in [3.8, 4) is 0 Å². The van der Waals surface area contributed by atoms with Crippen molar-refractivity contribution < 1.29 is 9.18 Å². The molecule has 2 N–H and O–H groups in total. The third-order valence-electron chi connectivity index (χ3n) is 2.31. The highest BCUT2D eigenvalue weighted by Crippen LogP contribution is 2.17. The van der Waals surface area contributed by atoms with Crippen LogP contribution in [0.4, 0.5) is 4.39 Å². The summed E-state index contributed by atoms with van der Waals surface area (Å²) in [6.07, 6.45) is 0. The number of likely N-dealkylation sites (N-methyl/N-ethyl adjacent to an activating group) is 1. The van der Waals surface area contributed by atoms with Crippen LogP contribution in [0.15, 0.2) is 18.2 Å². The molecule has 0 spiro atoms. The second-order valence-electron chi connectivity index (χ2n) is 4.62. The molecular weight excluding hydrogens is 243 g/mol. The predicted molar refractivity (Wildman–Crippen MR) is 66.2 cm³/mol. The van der Waals surface area contributed by atoms with Crippen LogP contribution in [-0.2, 0) is 11.3 Å². The number of benzene rings is 1. The zero-order valence-corrected chi connectivity index (χ0v) is 10.9. The van der Waals surface area contributed by atoms with E-state index in [0.717, 1.165) is 0 Å². The smallest absolute Gasteiger partial charge is 0.242 e. The van der Waals surface area contributed by atoms with Gasteiger partial charge in [-0.3, -0.25) is 4.79 Å². The molecule has 0 saturated carbocycles. The van der Waals surface area contributed by atoms with Gasteiger partial charge in [-0.05, 0) is 32.0 Å². The maximum atomic E-state index is 13.5. The summed E-state index contributed by atoms with van der Waals surface area (Å²) in [5.74, 6) is -0.638. The first-order valence-corrected chi connectivity index (χ1v) is 5.58. The second-order valence-corrected chi connectivity index (χ2v) is 5.06. The molecule has 0 unspecified atom stereocenters. The Labute approximate surface area is 105 Å². The number of nitrogens with two attached hydrogens (primary N) is 1. The number of nitrogens with zero attached hydrogens (tertiary/aromatic N) is 1. The molecule has 0 aliphatic rings. The summed E-state index contributed by atoms with van der Waals surface area (Å²) in [7, 11) is 1.58. The molecule has 0 radical (unpaired) electrons. The second kappa shape index (κ2) is 5.02. The van der Waals surface area contributed by atoms with Gasteiger partial charge in [0, 0.05) is 24.2 Å². The first-order valence-electron chi connectivity index (χ1n) is 5.20. The normalized spacial score (nSPS) is 11.4. The van der Waals surface area contributed by atoms with E-state index in [-0.39, 0.29) is 18.3 Å². The largest absolute Gasteiger partial charge is 0.340 e. The van der Waals surface area contributed by atoms with Crippen molar-refractivity contribution in [1.82, 2.24) is 4.90 Å². The van der Waals surface area contributed by atoms with Crippen LogP contribution in [0.25, 0.3) is 0 Å². The molecule has 3 nitrogen and oxygen atoms in total. The van der Waals surface area contributed by atoms with Gasteiger partial charge in [0.2, 0.25) is 5.91 Å². The average Bonchev–Trinajstić information content (AvgIpc) is 2.21. The molecule has 1 aromatic carbocycles. The van der Waals surface area contributed by atoms with Crippen LogP contribution < -0.4 is 5.73 Å². The zero-order valence-electron chi connectivity index (χ0n) is 10.1. The van der Waals surface area contributed by atoms with Gasteiger partial charge < -0.3 is 10.6 Å². The molecular formula is C12H16ClFN2O. The molecule has 0 aliphatic heterocycles. The van der Waals surface area contributed by atoms with Gasteiger partial charge in [0.1, 0.15) is 5.82 Å². The molecule has 5 heteroatoms. The van der Waals surface area contributed by atoms with Crippen molar-refractivity contribution in [2.75, 3.05) is 7.05 Å². The lowest BCUT2D eigenvalue weighted by atomic mass is 10.1. The molecule has 0 heterocycles. The number of halogens is 2. The third kappa shape index (κ3) is 3.68. The van der Waals surface area contributed by atoms with Gasteiger partial charge >= 0.3 is 0 Å². The highest BCUT2D eigenvalue weighted by atomic mass is 35.5. The van der Waals surface area contributed by atoms with Crippen LogP contribution >= 0.6 is 11.6 Å². The fraction of sp³-hybridized carbons (Fsp3) is 0.417. The predicted octanol–water partition coefficient (Wildman–Crippen LogP) is 2.17. The van der Waals surface area contributed by atoms with E-state index in [4.69, 9.17) is 17.3 Å². The van der Waals surface area contributed by atoms with Gasteiger partial charge in [0.05, 0.1) is 5.54 Å². The summed E-state index contributed by atoms with van der Waals surface area (Å²) < 4.78 is 13.5. The number of hydrogen-bond acceptors (Lipinski definition) is 2. The Bertz CT molecular complexity index is 429. The van der Waals surface area contributed by atoms with E-state index in [2.05, 4.69) is 0 Å². The molecule has 0 aromatic heterocycles. The van der Waals surface area contributed by atoms with Crippen LogP contribution in [0.3, 0.4) is 0 Å². The Balaban J connectivity index is 2.85. The van der Waals surface area contributed by atoms with Gasteiger partial charge in [-0.2, -0.15) is 0 Å². The monoisotopic (exact) mass is 258 g/mol. The minimum absolute atomic E-state index is 0.145. The summed E-state index contributed by atoms with van der Waals surface area (Å²) in [5, 5.41) is 0.439. The van der Waals surface area contributed by atoms with Crippen molar-refractivity contribution in [2.24, 2.45) is 5.73 Å². The molecule has 0 fully saturated rings. The molecule has 1 rings (SSSR count). The summed E-state index contributed by atoms with van der Waals surface area (Å²) in [4.78, 5) is 13.2. The first kappa shape index (κ1) is 13.9. The Hall–Kier alpha value is -1.13. The van der Waals surface area contributed by atoms with Crippen molar-refractivity contribution in [3.05, 3.63) is 34.6 Å². The summed E-state index contributed by atoms with van der Waals surface area (Å²) >= 11 is 5.77. The lowest BCUT2D eigenvalue weighted by molar-refractivity contribution is -0.135. The lowest BCUT2D eigenvalue weighted by Gasteiger charge is -2.26. The lowest BCUT2D eigenvalue weighted by Crippen LogP contribution is -2.49. The Kier molecular flexibility index (Phi) is 4.11. The number of amides is 1. The van der Waals surface area contributed by atoms with Gasteiger partial charge in [-0.25, -0.2) is 4.39 Å². The molecule has 0 saturated heterocycles. The molecule has 1 aromatic rings. The highest BCUT2D eigenvalue weighted by Gasteiger charge is 2.25. The van der Waals surface area contributed by atoms with Crippen LogP contribution in [0.5, 0.6) is 0 Å². The molecule has 17 heavy (non-hydrogen) atoms. The molecule has 1 amide bonds. The minimum Gasteiger partial charge on any atom is -0.340 e. The van der Waals surface area contributed by atoms with Crippen LogP contribution in [-0.4, -0.2) is 23.4 Å². The topological polar surface area (TPSA) is 46.3 Å². The average molecular weight is 259 g/mol. The van der Waals surface area contributed by atoms with Crippen LogP contribution in [0.1, 0.15) is 19.4 Å². The Morgan fingerprint density at radius 3 is 2.65 bits per heavy atom. The maximum absolute atomic E-state index is 13.5. The van der Waals surface area contributed by atoms with Gasteiger partial charge in [0.25, 0.3) is 0 Å². The van der Waals surface area contributed by atoms with Crippen molar-refractivity contribution in [3.63, 3.8) is 0 Å². The van der Waals surface area contributed by atoms with E-state index >= 15 is 0 Å². The molecule has 94 valence electrons. The van der Waals surface area contributed by atoms with Gasteiger partial charge in [-0.15, -0.1) is 0 Å². The molecule has 0 bridgehead atoms. The first-order chi connectivity index (χ1) is 7.71. The van der Waals surface area contributed by atoms with E-state index in [0.29, 0.717) is 10.6 Å². The summed E-state index contributed by atoms with van der Waals surface area (Å²) in [5.41, 5.74) is 5.09. The number of hydrogen-bond donors (Lipinski definition) is 1. The number of carbonyl (C=O) groups excluding carboxylic acids is 1. The van der Waals surface area contributed by atoms with Crippen LogP contribution in [0, 0.1) is 5.82 Å². The maximum Gasteiger partial charge on any atom is 0.242 e. The highest BCUT2D eigenvalue weighted by molar-refractivity contribution is 6.30. The third-order valence-corrected chi connectivity index (χ3v) is 2.55. The van der Waals surface area contributed by atoms with E-state index in [1.54, 1.807) is 20.9 Å². The summed E-state index contributed by atoms with van der Waals surface area (Å²) in [6, 6.07) is 4.25. The van der Waals surface area contributed by atoms with Gasteiger partial charge in [0.15, 0.2) is 0 Å². The van der Waals surface area contributed by atoms with E-state index in [9.17, 15) is 9.18 Å².